The summed E-state index contributed by atoms with van der Waals surface area (Å²) in [5.41, 5.74) is 0.355. The van der Waals surface area contributed by atoms with Crippen LogP contribution in [0, 0.1) is 0 Å². The zero-order chi connectivity index (χ0) is 12.3. The molecule has 1 saturated carbocycles. The Kier molecular flexibility index (Phi) is 4.05. The molecule has 0 saturated heterocycles. The standard InChI is InChI=1S/C13H16BrNO2/c14-9-5-7-10(8-6-9)15-13(17)11-3-1-2-4-12(11)16/h1-4,9-10,16H,5-8H2,(H,15,17). The van der Waals surface area contributed by atoms with Gasteiger partial charge in [-0.3, -0.25) is 4.79 Å². The summed E-state index contributed by atoms with van der Waals surface area (Å²) in [6.07, 6.45) is 4.17. The Morgan fingerprint density at radius 3 is 2.53 bits per heavy atom. The van der Waals surface area contributed by atoms with Crippen molar-refractivity contribution in [3.63, 3.8) is 0 Å². The van der Waals surface area contributed by atoms with Crippen LogP contribution in [0.3, 0.4) is 0 Å². The average Bonchev–Trinajstić information content (AvgIpc) is 2.32. The molecule has 1 aromatic rings. The van der Waals surface area contributed by atoms with Gasteiger partial charge in [0.2, 0.25) is 0 Å². The van der Waals surface area contributed by atoms with Gasteiger partial charge in [-0.25, -0.2) is 0 Å². The van der Waals surface area contributed by atoms with Gasteiger partial charge >= 0.3 is 0 Å². The number of carbonyl (C=O) groups is 1. The third-order valence-electron chi connectivity index (χ3n) is 3.14. The second-order valence-electron chi connectivity index (χ2n) is 4.44. The highest BCUT2D eigenvalue weighted by Crippen LogP contribution is 2.25. The summed E-state index contributed by atoms with van der Waals surface area (Å²) >= 11 is 3.59. The van der Waals surface area contributed by atoms with Gasteiger partial charge in [0.05, 0.1) is 5.56 Å². The predicted octanol–water partition coefficient (Wildman–Crippen LogP) is 2.83. The van der Waals surface area contributed by atoms with E-state index in [9.17, 15) is 9.90 Å². The fourth-order valence-electron chi connectivity index (χ4n) is 2.13. The Morgan fingerprint density at radius 1 is 1.24 bits per heavy atom. The van der Waals surface area contributed by atoms with Crippen LogP contribution in [0.25, 0.3) is 0 Å². The second-order valence-corrected chi connectivity index (χ2v) is 5.73. The number of phenolic OH excluding ortho intramolecular Hbond substituents is 1. The smallest absolute Gasteiger partial charge is 0.255 e. The highest BCUT2D eigenvalue weighted by Gasteiger charge is 2.21. The zero-order valence-corrected chi connectivity index (χ0v) is 11.1. The maximum Gasteiger partial charge on any atom is 0.255 e. The highest BCUT2D eigenvalue weighted by molar-refractivity contribution is 9.09. The molecule has 0 heterocycles. The average molecular weight is 298 g/mol. The topological polar surface area (TPSA) is 49.3 Å². The fourth-order valence-corrected chi connectivity index (χ4v) is 2.65. The number of aromatic hydroxyl groups is 1. The molecule has 0 aromatic heterocycles. The van der Waals surface area contributed by atoms with Crippen molar-refractivity contribution in [1.82, 2.24) is 5.32 Å². The Hall–Kier alpha value is -1.03. The van der Waals surface area contributed by atoms with E-state index in [1.807, 2.05) is 0 Å². The molecule has 2 N–H and O–H groups in total. The van der Waals surface area contributed by atoms with Crippen molar-refractivity contribution in [2.45, 2.75) is 36.6 Å². The summed E-state index contributed by atoms with van der Waals surface area (Å²) in [5.74, 6) is -0.139. The molecule has 1 fully saturated rings. The number of hydrogen-bond donors (Lipinski definition) is 2. The van der Waals surface area contributed by atoms with Crippen molar-refractivity contribution in [2.75, 3.05) is 0 Å². The molecule has 1 amide bonds. The maximum atomic E-state index is 11.9. The van der Waals surface area contributed by atoms with Crippen molar-refractivity contribution in [2.24, 2.45) is 0 Å². The molecular formula is C13H16BrNO2. The lowest BCUT2D eigenvalue weighted by molar-refractivity contribution is 0.0925. The molecule has 17 heavy (non-hydrogen) atoms. The van der Waals surface area contributed by atoms with E-state index in [-0.39, 0.29) is 17.7 Å². The molecule has 1 aromatic carbocycles. The molecular weight excluding hydrogens is 282 g/mol. The predicted molar refractivity (Wildman–Crippen MR) is 70.5 cm³/mol. The van der Waals surface area contributed by atoms with Gasteiger partial charge in [-0.05, 0) is 37.8 Å². The van der Waals surface area contributed by atoms with Gasteiger partial charge in [-0.2, -0.15) is 0 Å². The van der Waals surface area contributed by atoms with Gasteiger partial charge in [0.25, 0.3) is 5.91 Å². The van der Waals surface area contributed by atoms with Crippen LogP contribution in [-0.4, -0.2) is 21.9 Å². The first kappa shape index (κ1) is 12.4. The minimum Gasteiger partial charge on any atom is -0.507 e. The summed E-state index contributed by atoms with van der Waals surface area (Å²) in [5, 5.41) is 12.6. The summed E-state index contributed by atoms with van der Waals surface area (Å²) in [6.45, 7) is 0. The molecule has 0 bridgehead atoms. The van der Waals surface area contributed by atoms with Crippen molar-refractivity contribution in [3.8, 4) is 5.75 Å². The number of amides is 1. The Labute approximate surface area is 109 Å². The third-order valence-corrected chi connectivity index (χ3v) is 4.06. The Morgan fingerprint density at radius 2 is 1.88 bits per heavy atom. The number of benzene rings is 1. The Bertz CT molecular complexity index is 400. The van der Waals surface area contributed by atoms with Gasteiger partial charge in [-0.15, -0.1) is 0 Å². The largest absolute Gasteiger partial charge is 0.507 e. The lowest BCUT2D eigenvalue weighted by Crippen LogP contribution is -2.37. The van der Waals surface area contributed by atoms with Crippen LogP contribution in [0.4, 0.5) is 0 Å². The molecule has 0 aliphatic heterocycles. The normalized spacial score (nSPS) is 24.3. The summed E-state index contributed by atoms with van der Waals surface area (Å²) in [4.78, 5) is 12.5. The summed E-state index contributed by atoms with van der Waals surface area (Å²) in [7, 11) is 0. The first-order valence-electron chi connectivity index (χ1n) is 5.89. The van der Waals surface area contributed by atoms with Crippen LogP contribution >= 0.6 is 15.9 Å². The number of nitrogens with one attached hydrogen (secondary N) is 1. The van der Waals surface area contributed by atoms with Crippen LogP contribution < -0.4 is 5.32 Å². The van der Waals surface area contributed by atoms with Gasteiger partial charge in [0, 0.05) is 10.9 Å². The van der Waals surface area contributed by atoms with Crippen molar-refractivity contribution in [1.29, 1.82) is 0 Å². The van der Waals surface area contributed by atoms with Crippen LogP contribution in [-0.2, 0) is 0 Å². The van der Waals surface area contributed by atoms with Crippen LogP contribution in [0.1, 0.15) is 36.0 Å². The molecule has 0 atom stereocenters. The van der Waals surface area contributed by atoms with Crippen molar-refractivity contribution < 1.29 is 9.90 Å². The Balaban J connectivity index is 1.96. The van der Waals surface area contributed by atoms with E-state index in [4.69, 9.17) is 0 Å². The minimum absolute atomic E-state index is 0.0409. The lowest BCUT2D eigenvalue weighted by atomic mass is 9.95. The van der Waals surface area contributed by atoms with E-state index >= 15 is 0 Å². The lowest BCUT2D eigenvalue weighted by Gasteiger charge is -2.26. The monoisotopic (exact) mass is 297 g/mol. The second kappa shape index (κ2) is 5.54. The van der Waals surface area contributed by atoms with Crippen molar-refractivity contribution in [3.05, 3.63) is 29.8 Å². The number of hydrogen-bond acceptors (Lipinski definition) is 2. The molecule has 0 spiro atoms. The van der Waals surface area contributed by atoms with E-state index in [2.05, 4.69) is 21.2 Å². The van der Waals surface area contributed by atoms with Gasteiger partial charge in [0.15, 0.2) is 0 Å². The summed E-state index contributed by atoms with van der Waals surface area (Å²) in [6, 6.07) is 6.87. The van der Waals surface area contributed by atoms with Crippen molar-refractivity contribution >= 4 is 21.8 Å². The number of phenols is 1. The van der Waals surface area contributed by atoms with E-state index in [1.165, 1.54) is 6.07 Å². The molecule has 92 valence electrons. The highest BCUT2D eigenvalue weighted by atomic mass is 79.9. The number of para-hydroxylation sites is 1. The van der Waals surface area contributed by atoms with Gasteiger partial charge in [-0.1, -0.05) is 28.1 Å². The van der Waals surface area contributed by atoms with Gasteiger partial charge in [0.1, 0.15) is 5.75 Å². The summed E-state index contributed by atoms with van der Waals surface area (Å²) < 4.78 is 0. The van der Waals surface area contributed by atoms with E-state index in [0.29, 0.717) is 10.4 Å². The van der Waals surface area contributed by atoms with Crippen LogP contribution in [0.5, 0.6) is 5.75 Å². The molecule has 4 heteroatoms. The molecule has 0 unspecified atom stereocenters. The number of halogens is 1. The quantitative estimate of drug-likeness (QED) is 0.825. The van der Waals surface area contributed by atoms with E-state index in [1.54, 1.807) is 18.2 Å². The number of carbonyl (C=O) groups excluding carboxylic acids is 1. The fraction of sp³-hybridized carbons (Fsp3) is 0.462. The molecule has 1 aliphatic rings. The van der Waals surface area contributed by atoms with Crippen LogP contribution in [0.15, 0.2) is 24.3 Å². The third kappa shape index (κ3) is 3.22. The number of alkyl halides is 1. The first-order chi connectivity index (χ1) is 8.16. The molecule has 1 aliphatic carbocycles. The SMILES string of the molecule is O=C(NC1CCC(Br)CC1)c1ccccc1O. The van der Waals surface area contributed by atoms with E-state index in [0.717, 1.165) is 25.7 Å². The molecule has 0 radical (unpaired) electrons. The minimum atomic E-state index is -0.180. The molecule has 3 nitrogen and oxygen atoms in total. The van der Waals surface area contributed by atoms with E-state index < -0.39 is 0 Å². The molecule has 2 rings (SSSR count). The zero-order valence-electron chi connectivity index (χ0n) is 9.53. The first-order valence-corrected chi connectivity index (χ1v) is 6.81. The van der Waals surface area contributed by atoms with Crippen LogP contribution in [0.2, 0.25) is 0 Å². The van der Waals surface area contributed by atoms with Gasteiger partial charge < -0.3 is 10.4 Å². The number of rotatable bonds is 2. The maximum absolute atomic E-state index is 11.9.